The minimum absolute atomic E-state index is 0.0355. The maximum atomic E-state index is 13.7. The summed E-state index contributed by atoms with van der Waals surface area (Å²) in [6, 6.07) is 25.8. The van der Waals surface area contributed by atoms with Gasteiger partial charge in [-0.3, -0.25) is 19.1 Å². The van der Waals surface area contributed by atoms with E-state index in [4.69, 9.17) is 0 Å². The third-order valence-electron chi connectivity index (χ3n) is 6.60. The first kappa shape index (κ1) is 27.9. The van der Waals surface area contributed by atoms with Crippen molar-refractivity contribution in [3.05, 3.63) is 140 Å². The van der Waals surface area contributed by atoms with E-state index in [2.05, 4.69) is 16.3 Å². The van der Waals surface area contributed by atoms with Crippen molar-refractivity contribution < 1.29 is 13.2 Å². The molecule has 0 aliphatic heterocycles. The number of sulfonamides is 1. The van der Waals surface area contributed by atoms with Crippen molar-refractivity contribution in [1.29, 1.82) is 0 Å². The van der Waals surface area contributed by atoms with Crippen molar-refractivity contribution in [3.63, 3.8) is 0 Å². The lowest BCUT2D eigenvalue weighted by Gasteiger charge is -2.18. The molecule has 3 aromatic carbocycles. The molecule has 2 heterocycles. The summed E-state index contributed by atoms with van der Waals surface area (Å²) in [6.07, 6.45) is 5.31. The maximum Gasteiger partial charge on any atom is 0.269 e. The number of carbonyl (C=O) groups is 1. The van der Waals surface area contributed by atoms with Gasteiger partial charge in [0.25, 0.3) is 21.5 Å². The topological polar surface area (TPSA) is 98.1 Å². The van der Waals surface area contributed by atoms with Gasteiger partial charge in [0.15, 0.2) is 0 Å². The number of nitrogens with one attached hydrogen (secondary N) is 1. The van der Waals surface area contributed by atoms with Crippen molar-refractivity contribution in [2.24, 2.45) is 0 Å². The van der Waals surface area contributed by atoms with Crippen molar-refractivity contribution in [2.75, 3.05) is 0 Å². The van der Waals surface area contributed by atoms with Gasteiger partial charge in [0, 0.05) is 18.8 Å². The monoisotopic (exact) mass is 581 g/mol. The Bertz CT molecular complexity index is 1950. The summed E-state index contributed by atoms with van der Waals surface area (Å²) in [6.45, 7) is 5.87. The lowest BCUT2D eigenvalue weighted by atomic mass is 10.0. The van der Waals surface area contributed by atoms with E-state index in [-0.39, 0.29) is 11.3 Å². The molecule has 0 aliphatic carbocycles. The van der Waals surface area contributed by atoms with Crippen molar-refractivity contribution in [1.82, 2.24) is 14.3 Å². The van der Waals surface area contributed by atoms with Crippen LogP contribution in [0.5, 0.6) is 0 Å². The van der Waals surface area contributed by atoms with E-state index in [9.17, 15) is 18.0 Å². The zero-order valence-corrected chi connectivity index (χ0v) is 23.9. The lowest BCUT2D eigenvalue weighted by Crippen LogP contribution is -2.44. The summed E-state index contributed by atoms with van der Waals surface area (Å²) in [5.41, 5.74) is 4.09. The van der Waals surface area contributed by atoms with Crippen LogP contribution in [0.25, 0.3) is 23.8 Å². The first-order valence-corrected chi connectivity index (χ1v) is 15.1. The molecule has 0 aliphatic rings. The Kier molecular flexibility index (Phi) is 8.09. The van der Waals surface area contributed by atoms with Gasteiger partial charge in [0.2, 0.25) is 0 Å². The quantitative estimate of drug-likeness (QED) is 0.301. The van der Waals surface area contributed by atoms with Gasteiger partial charge in [-0.15, -0.1) is 11.3 Å². The average molecular weight is 582 g/mol. The highest BCUT2D eigenvalue weighted by Crippen LogP contribution is 2.19. The molecule has 206 valence electrons. The molecular weight excluding hydrogens is 555 g/mol. The summed E-state index contributed by atoms with van der Waals surface area (Å²) >= 11 is 1.15. The molecule has 1 N–H and O–H groups in total. The highest BCUT2D eigenvalue weighted by atomic mass is 32.2. The first-order valence-electron chi connectivity index (χ1n) is 12.8. The normalized spacial score (nSPS) is 12.7. The van der Waals surface area contributed by atoms with Gasteiger partial charge in [-0.1, -0.05) is 78.9 Å². The van der Waals surface area contributed by atoms with E-state index in [1.807, 2.05) is 73.7 Å². The summed E-state index contributed by atoms with van der Waals surface area (Å²) < 4.78 is 30.3. The zero-order chi connectivity index (χ0) is 29.0. The third kappa shape index (κ3) is 6.42. The van der Waals surface area contributed by atoms with Crippen molar-refractivity contribution >= 4 is 39.9 Å². The number of pyridine rings is 1. The molecule has 0 radical (unpaired) electrons. The molecule has 41 heavy (non-hydrogen) atoms. The Morgan fingerprint density at radius 3 is 2.24 bits per heavy atom. The minimum Gasteiger partial charge on any atom is -0.286 e. The van der Waals surface area contributed by atoms with E-state index >= 15 is 0 Å². The van der Waals surface area contributed by atoms with E-state index in [0.717, 1.165) is 39.2 Å². The van der Waals surface area contributed by atoms with Crippen LogP contribution >= 0.6 is 11.3 Å². The standard InChI is InChI=1S/C32H27N3O4S2/c1-22-8-14-28(15-9-22)41(38,39)34-31(36)29(20-24-6-4-3-5-7-24)35-23(2)40-30(32(35)37)21-25-10-12-26(13-11-25)27-16-18-33-19-17-27/h3-19,21,29H,2,20H2,1H3,(H,34,36)/b30-21-/t29-/m0/s1. The van der Waals surface area contributed by atoms with Gasteiger partial charge in [0.1, 0.15) is 6.04 Å². The molecule has 5 rings (SSSR count). The second-order valence-corrected chi connectivity index (χ2v) is 12.3. The Balaban J connectivity index is 1.51. The average Bonchev–Trinajstić information content (AvgIpc) is 3.25. The van der Waals surface area contributed by atoms with Crippen LogP contribution in [-0.2, 0) is 21.2 Å². The minimum atomic E-state index is -4.16. The van der Waals surface area contributed by atoms with Crippen LogP contribution in [0.3, 0.4) is 0 Å². The van der Waals surface area contributed by atoms with Gasteiger partial charge in [-0.2, -0.15) is 0 Å². The number of amides is 1. The number of benzene rings is 3. The molecule has 0 bridgehead atoms. The SMILES string of the molecule is C=c1s/c(=C\c2ccc(-c3ccncc3)cc2)c(=O)n1[C@@H](Cc1ccccc1)C(=O)NS(=O)(=O)c1ccc(C)cc1. The fraction of sp³-hybridized carbons (Fsp3) is 0.0938. The molecular formula is C32H27N3O4S2. The number of aromatic nitrogens is 2. The summed E-state index contributed by atoms with van der Waals surface area (Å²) in [5, 5.41) is 0. The fourth-order valence-electron chi connectivity index (χ4n) is 4.44. The van der Waals surface area contributed by atoms with Crippen LogP contribution in [0, 0.1) is 6.92 Å². The number of nitrogens with zero attached hydrogens (tertiary/aromatic N) is 2. The van der Waals surface area contributed by atoms with E-state index in [1.54, 1.807) is 30.6 Å². The van der Waals surface area contributed by atoms with Crippen LogP contribution in [-0.4, -0.2) is 23.9 Å². The van der Waals surface area contributed by atoms with Gasteiger partial charge < -0.3 is 0 Å². The Morgan fingerprint density at radius 2 is 1.59 bits per heavy atom. The third-order valence-corrected chi connectivity index (χ3v) is 8.91. The highest BCUT2D eigenvalue weighted by Gasteiger charge is 2.28. The Morgan fingerprint density at radius 1 is 0.951 bits per heavy atom. The number of hydrogen-bond donors (Lipinski definition) is 1. The number of aryl methyl sites for hydroxylation is 1. The van der Waals surface area contributed by atoms with Gasteiger partial charge >= 0.3 is 0 Å². The molecule has 2 aromatic heterocycles. The van der Waals surface area contributed by atoms with E-state index in [0.29, 0.717) is 9.20 Å². The maximum absolute atomic E-state index is 13.7. The van der Waals surface area contributed by atoms with Crippen molar-refractivity contribution in [2.45, 2.75) is 24.3 Å². The van der Waals surface area contributed by atoms with Crippen LogP contribution in [0.1, 0.15) is 22.7 Å². The zero-order valence-electron chi connectivity index (χ0n) is 22.2. The predicted octanol–water partition coefficient (Wildman–Crippen LogP) is 3.81. The second kappa shape index (κ2) is 11.9. The molecule has 0 fully saturated rings. The fourth-order valence-corrected chi connectivity index (χ4v) is 6.40. The molecule has 7 nitrogen and oxygen atoms in total. The molecule has 1 amide bonds. The van der Waals surface area contributed by atoms with Crippen LogP contribution < -0.4 is 19.5 Å². The Hall–Kier alpha value is -4.60. The van der Waals surface area contributed by atoms with Crippen LogP contribution in [0.15, 0.2) is 113 Å². The lowest BCUT2D eigenvalue weighted by molar-refractivity contribution is -0.122. The molecule has 0 spiro atoms. The molecule has 5 aromatic rings. The summed E-state index contributed by atoms with van der Waals surface area (Å²) in [7, 11) is -4.16. The molecule has 0 saturated heterocycles. The number of thiazole rings is 1. The van der Waals surface area contributed by atoms with Crippen LogP contribution in [0.2, 0.25) is 0 Å². The molecule has 0 saturated carbocycles. The predicted molar refractivity (Wildman–Crippen MR) is 162 cm³/mol. The van der Waals surface area contributed by atoms with Gasteiger partial charge in [-0.05, 0) is 59.5 Å². The number of carbonyl (C=O) groups excluding carboxylic acids is 1. The largest absolute Gasteiger partial charge is 0.286 e. The van der Waals surface area contributed by atoms with E-state index < -0.39 is 27.5 Å². The molecule has 0 unspecified atom stereocenters. The molecule has 1 atom stereocenters. The first-order chi connectivity index (χ1) is 19.7. The highest BCUT2D eigenvalue weighted by molar-refractivity contribution is 7.90. The van der Waals surface area contributed by atoms with Gasteiger partial charge in [0.05, 0.1) is 14.1 Å². The number of rotatable bonds is 8. The van der Waals surface area contributed by atoms with Gasteiger partial charge in [-0.25, -0.2) is 13.1 Å². The Labute approximate surface area is 241 Å². The smallest absolute Gasteiger partial charge is 0.269 e. The van der Waals surface area contributed by atoms with Crippen molar-refractivity contribution in [3.8, 4) is 11.1 Å². The summed E-state index contributed by atoms with van der Waals surface area (Å²) in [4.78, 5) is 31.2. The molecule has 9 heteroatoms. The second-order valence-electron chi connectivity index (χ2n) is 9.53. The number of hydrogen-bond acceptors (Lipinski definition) is 6. The van der Waals surface area contributed by atoms with Crippen LogP contribution in [0.4, 0.5) is 0 Å². The summed E-state index contributed by atoms with van der Waals surface area (Å²) in [5.74, 6) is -0.813. The van der Waals surface area contributed by atoms with E-state index in [1.165, 1.54) is 16.7 Å².